The van der Waals surface area contributed by atoms with E-state index in [0.29, 0.717) is 29.0 Å². The average molecular weight is 484 g/mol. The van der Waals surface area contributed by atoms with Gasteiger partial charge in [-0.1, -0.05) is 0 Å². The van der Waals surface area contributed by atoms with Gasteiger partial charge in [-0.3, -0.25) is 9.59 Å². The first-order chi connectivity index (χ1) is 15.0. The van der Waals surface area contributed by atoms with Crippen molar-refractivity contribution in [3.05, 3.63) is 76.7 Å². The quantitative estimate of drug-likeness (QED) is 0.586. The van der Waals surface area contributed by atoms with Crippen LogP contribution in [-0.2, 0) is 0 Å². The summed E-state index contributed by atoms with van der Waals surface area (Å²) in [5.41, 5.74) is 2.41. The van der Waals surface area contributed by atoms with Crippen LogP contribution in [0.3, 0.4) is 0 Å². The zero-order valence-electron chi connectivity index (χ0n) is 17.0. The number of benzene rings is 2. The molecule has 1 aliphatic rings. The zero-order valence-corrected chi connectivity index (χ0v) is 18.6. The Kier molecular flexibility index (Phi) is 6.27. The first kappa shape index (κ1) is 21.0. The minimum atomic E-state index is -0.302. The second kappa shape index (κ2) is 9.26. The molecule has 0 aliphatic carbocycles. The van der Waals surface area contributed by atoms with Crippen molar-refractivity contribution in [2.24, 2.45) is 0 Å². The average Bonchev–Trinajstić information content (AvgIpc) is 3.26. The Morgan fingerprint density at radius 2 is 1.61 bits per heavy atom. The number of piperazine rings is 1. The maximum absolute atomic E-state index is 12.7. The molecule has 1 saturated heterocycles. The molecule has 8 heteroatoms. The van der Waals surface area contributed by atoms with E-state index in [4.69, 9.17) is 9.15 Å². The third-order valence-corrected chi connectivity index (χ3v) is 5.62. The predicted molar refractivity (Wildman–Crippen MR) is 122 cm³/mol. The number of nitrogens with one attached hydrogen (secondary N) is 1. The Bertz CT molecular complexity index is 1060. The van der Waals surface area contributed by atoms with Gasteiger partial charge >= 0.3 is 0 Å². The van der Waals surface area contributed by atoms with Crippen molar-refractivity contribution in [2.75, 3.05) is 43.5 Å². The van der Waals surface area contributed by atoms with Crippen LogP contribution in [0.2, 0.25) is 0 Å². The Labute approximate surface area is 188 Å². The Hall–Kier alpha value is -3.26. The van der Waals surface area contributed by atoms with Crippen LogP contribution >= 0.6 is 15.9 Å². The molecule has 0 unspecified atom stereocenters. The standard InChI is InChI=1S/C23H22BrN3O4/c1-30-19-8-2-16(3-9-19)23(29)27-14-12-26(13-15-27)18-6-4-17(5-7-18)25-22(28)20-10-11-21(24)31-20/h2-11H,12-15H2,1H3,(H,25,28). The van der Waals surface area contributed by atoms with Crippen LogP contribution in [0.4, 0.5) is 11.4 Å². The van der Waals surface area contributed by atoms with E-state index < -0.39 is 0 Å². The minimum absolute atomic E-state index is 0.0323. The molecule has 4 rings (SSSR count). The van der Waals surface area contributed by atoms with Crippen LogP contribution in [0.1, 0.15) is 20.9 Å². The molecule has 1 N–H and O–H groups in total. The molecule has 0 atom stereocenters. The Morgan fingerprint density at radius 1 is 0.935 bits per heavy atom. The highest BCUT2D eigenvalue weighted by Gasteiger charge is 2.22. The predicted octanol–water partition coefficient (Wildman–Crippen LogP) is 4.27. The van der Waals surface area contributed by atoms with Gasteiger partial charge < -0.3 is 24.3 Å². The summed E-state index contributed by atoms with van der Waals surface area (Å²) < 4.78 is 10.9. The molecule has 1 aliphatic heterocycles. The maximum atomic E-state index is 12.7. The molecular weight excluding hydrogens is 462 g/mol. The smallest absolute Gasteiger partial charge is 0.291 e. The van der Waals surface area contributed by atoms with Gasteiger partial charge in [0.05, 0.1) is 7.11 Å². The molecule has 31 heavy (non-hydrogen) atoms. The summed E-state index contributed by atoms with van der Waals surface area (Å²) >= 11 is 3.19. The number of carbonyl (C=O) groups is 2. The number of halogens is 1. The molecule has 2 heterocycles. The molecule has 2 aromatic carbocycles. The molecule has 0 spiro atoms. The van der Waals surface area contributed by atoms with E-state index in [2.05, 4.69) is 26.1 Å². The first-order valence-electron chi connectivity index (χ1n) is 9.88. The fourth-order valence-corrected chi connectivity index (χ4v) is 3.78. The number of carbonyl (C=O) groups excluding carboxylic acids is 2. The molecule has 1 aromatic heterocycles. The van der Waals surface area contributed by atoms with Crippen molar-refractivity contribution in [1.29, 1.82) is 0 Å². The van der Waals surface area contributed by atoms with Gasteiger partial charge in [0.15, 0.2) is 10.4 Å². The molecule has 0 bridgehead atoms. The number of amides is 2. The highest BCUT2D eigenvalue weighted by molar-refractivity contribution is 9.10. The number of rotatable bonds is 5. The van der Waals surface area contributed by atoms with Gasteiger partial charge in [0.2, 0.25) is 0 Å². The van der Waals surface area contributed by atoms with E-state index in [1.165, 1.54) is 0 Å². The lowest BCUT2D eigenvalue weighted by Crippen LogP contribution is -2.48. The molecule has 1 fully saturated rings. The normalized spacial score (nSPS) is 13.7. The monoisotopic (exact) mass is 483 g/mol. The van der Waals surface area contributed by atoms with Crippen LogP contribution < -0.4 is 15.0 Å². The number of anilines is 2. The van der Waals surface area contributed by atoms with Crippen LogP contribution in [-0.4, -0.2) is 50.0 Å². The number of furan rings is 1. The van der Waals surface area contributed by atoms with Crippen molar-refractivity contribution in [1.82, 2.24) is 4.90 Å². The van der Waals surface area contributed by atoms with Gasteiger partial charge in [0.25, 0.3) is 11.8 Å². The molecule has 2 amide bonds. The van der Waals surface area contributed by atoms with Crippen LogP contribution in [0.25, 0.3) is 0 Å². The van der Waals surface area contributed by atoms with E-state index in [-0.39, 0.29) is 17.6 Å². The fourth-order valence-electron chi connectivity index (χ4n) is 3.47. The molecule has 160 valence electrons. The molecule has 3 aromatic rings. The van der Waals surface area contributed by atoms with Gasteiger partial charge in [-0.2, -0.15) is 0 Å². The summed E-state index contributed by atoms with van der Waals surface area (Å²) in [7, 11) is 1.61. The third-order valence-electron chi connectivity index (χ3n) is 5.19. The van der Waals surface area contributed by atoms with E-state index in [0.717, 1.165) is 24.5 Å². The number of methoxy groups -OCH3 is 1. The molecule has 0 saturated carbocycles. The van der Waals surface area contributed by atoms with Gasteiger partial charge in [0, 0.05) is 43.1 Å². The Morgan fingerprint density at radius 3 is 2.19 bits per heavy atom. The topological polar surface area (TPSA) is 75.0 Å². The van der Waals surface area contributed by atoms with Crippen LogP contribution in [0.5, 0.6) is 5.75 Å². The molecule has 0 radical (unpaired) electrons. The van der Waals surface area contributed by atoms with E-state index in [9.17, 15) is 9.59 Å². The summed E-state index contributed by atoms with van der Waals surface area (Å²) in [5, 5.41) is 2.82. The van der Waals surface area contributed by atoms with Crippen molar-refractivity contribution in [2.45, 2.75) is 0 Å². The van der Waals surface area contributed by atoms with E-state index in [1.54, 1.807) is 43.5 Å². The zero-order chi connectivity index (χ0) is 21.8. The van der Waals surface area contributed by atoms with E-state index in [1.807, 2.05) is 29.2 Å². The molecule has 7 nitrogen and oxygen atoms in total. The lowest BCUT2D eigenvalue weighted by atomic mass is 10.1. The number of ether oxygens (including phenoxy) is 1. The van der Waals surface area contributed by atoms with Gasteiger partial charge in [-0.05, 0) is 76.6 Å². The lowest BCUT2D eigenvalue weighted by molar-refractivity contribution is 0.0746. The second-order valence-electron chi connectivity index (χ2n) is 7.11. The van der Waals surface area contributed by atoms with Crippen molar-refractivity contribution >= 4 is 39.1 Å². The largest absolute Gasteiger partial charge is 0.497 e. The molecular formula is C23H22BrN3O4. The highest BCUT2D eigenvalue weighted by atomic mass is 79.9. The van der Waals surface area contributed by atoms with Crippen molar-refractivity contribution in [3.63, 3.8) is 0 Å². The summed E-state index contributed by atoms with van der Waals surface area (Å²) in [6.45, 7) is 2.79. The lowest BCUT2D eigenvalue weighted by Gasteiger charge is -2.36. The van der Waals surface area contributed by atoms with Crippen LogP contribution in [0.15, 0.2) is 69.8 Å². The SMILES string of the molecule is COc1ccc(C(=O)N2CCN(c3ccc(NC(=O)c4ccc(Br)o4)cc3)CC2)cc1. The second-order valence-corrected chi connectivity index (χ2v) is 7.89. The Balaban J connectivity index is 1.32. The fraction of sp³-hybridized carbons (Fsp3) is 0.217. The number of hydrogen-bond acceptors (Lipinski definition) is 5. The summed E-state index contributed by atoms with van der Waals surface area (Å²) in [4.78, 5) is 29.0. The van der Waals surface area contributed by atoms with Crippen LogP contribution in [0, 0.1) is 0 Å². The first-order valence-corrected chi connectivity index (χ1v) is 10.7. The summed E-state index contributed by atoms with van der Waals surface area (Å²) in [6.07, 6.45) is 0. The number of hydrogen-bond donors (Lipinski definition) is 1. The summed E-state index contributed by atoms with van der Waals surface area (Å²) in [6, 6.07) is 18.1. The van der Waals surface area contributed by atoms with Gasteiger partial charge in [-0.25, -0.2) is 0 Å². The van der Waals surface area contributed by atoms with E-state index >= 15 is 0 Å². The van der Waals surface area contributed by atoms with Gasteiger partial charge in [-0.15, -0.1) is 0 Å². The minimum Gasteiger partial charge on any atom is -0.497 e. The third kappa shape index (κ3) is 4.91. The van der Waals surface area contributed by atoms with Crippen molar-refractivity contribution in [3.8, 4) is 5.75 Å². The maximum Gasteiger partial charge on any atom is 0.291 e. The van der Waals surface area contributed by atoms with Crippen molar-refractivity contribution < 1.29 is 18.7 Å². The number of nitrogens with zero attached hydrogens (tertiary/aromatic N) is 2. The highest BCUT2D eigenvalue weighted by Crippen LogP contribution is 2.22. The van der Waals surface area contributed by atoms with Gasteiger partial charge in [0.1, 0.15) is 5.75 Å². The summed E-state index contributed by atoms with van der Waals surface area (Å²) in [5.74, 6) is 0.709.